The summed E-state index contributed by atoms with van der Waals surface area (Å²) in [5, 5.41) is 4.36. The Balaban J connectivity index is 2.08. The summed E-state index contributed by atoms with van der Waals surface area (Å²) >= 11 is 5.82. The third kappa shape index (κ3) is 2.37. The zero-order chi connectivity index (χ0) is 13.6. The SMILES string of the molecule is CC(C)c1c(CNC2CC2)oc2c(F)c(Cl)ccc12. The molecule has 1 aliphatic rings. The van der Waals surface area contributed by atoms with Gasteiger partial charge < -0.3 is 9.73 Å². The number of rotatable bonds is 4. The van der Waals surface area contributed by atoms with Gasteiger partial charge in [0.25, 0.3) is 0 Å². The van der Waals surface area contributed by atoms with Gasteiger partial charge in [0, 0.05) is 17.0 Å². The monoisotopic (exact) mass is 281 g/mol. The largest absolute Gasteiger partial charge is 0.456 e. The van der Waals surface area contributed by atoms with Crippen molar-refractivity contribution < 1.29 is 8.81 Å². The second-order valence-electron chi connectivity index (χ2n) is 5.49. The summed E-state index contributed by atoms with van der Waals surface area (Å²) in [6.07, 6.45) is 2.44. The molecule has 0 radical (unpaired) electrons. The van der Waals surface area contributed by atoms with E-state index in [-0.39, 0.29) is 16.5 Å². The molecule has 19 heavy (non-hydrogen) atoms. The zero-order valence-corrected chi connectivity index (χ0v) is 11.9. The molecule has 3 rings (SSSR count). The summed E-state index contributed by atoms with van der Waals surface area (Å²) in [5.74, 6) is 0.662. The molecule has 1 aromatic carbocycles. The first kappa shape index (κ1) is 12.9. The van der Waals surface area contributed by atoms with Crippen LogP contribution in [0.15, 0.2) is 16.5 Å². The van der Waals surface area contributed by atoms with Gasteiger partial charge in [-0.25, -0.2) is 4.39 Å². The lowest BCUT2D eigenvalue weighted by Gasteiger charge is -2.07. The van der Waals surface area contributed by atoms with Crippen molar-refractivity contribution in [3.63, 3.8) is 0 Å². The van der Waals surface area contributed by atoms with Crippen molar-refractivity contribution in [2.75, 3.05) is 0 Å². The van der Waals surface area contributed by atoms with Gasteiger partial charge in [0.1, 0.15) is 5.76 Å². The van der Waals surface area contributed by atoms with Gasteiger partial charge in [0.15, 0.2) is 11.4 Å². The van der Waals surface area contributed by atoms with Gasteiger partial charge in [-0.2, -0.15) is 0 Å². The molecular weight excluding hydrogens is 265 g/mol. The van der Waals surface area contributed by atoms with E-state index in [0.29, 0.717) is 12.6 Å². The highest BCUT2D eigenvalue weighted by atomic mass is 35.5. The minimum Gasteiger partial charge on any atom is -0.456 e. The summed E-state index contributed by atoms with van der Waals surface area (Å²) < 4.78 is 19.7. The second-order valence-corrected chi connectivity index (χ2v) is 5.89. The van der Waals surface area contributed by atoms with Crippen molar-refractivity contribution >= 4 is 22.6 Å². The minimum atomic E-state index is -0.460. The number of hydrogen-bond donors (Lipinski definition) is 1. The van der Waals surface area contributed by atoms with Crippen LogP contribution in [-0.2, 0) is 6.54 Å². The Hall–Kier alpha value is -1.06. The number of benzene rings is 1. The molecule has 102 valence electrons. The molecule has 0 atom stereocenters. The van der Waals surface area contributed by atoms with Gasteiger partial charge in [0.2, 0.25) is 0 Å². The van der Waals surface area contributed by atoms with E-state index in [0.717, 1.165) is 16.7 Å². The van der Waals surface area contributed by atoms with Crippen LogP contribution < -0.4 is 5.32 Å². The smallest absolute Gasteiger partial charge is 0.184 e. The van der Waals surface area contributed by atoms with E-state index in [4.69, 9.17) is 16.0 Å². The summed E-state index contributed by atoms with van der Waals surface area (Å²) in [5.41, 5.74) is 1.36. The van der Waals surface area contributed by atoms with E-state index in [1.165, 1.54) is 12.8 Å². The third-order valence-electron chi connectivity index (χ3n) is 3.57. The quantitative estimate of drug-likeness (QED) is 0.886. The molecule has 0 spiro atoms. The van der Waals surface area contributed by atoms with Crippen LogP contribution in [-0.4, -0.2) is 6.04 Å². The van der Waals surface area contributed by atoms with Gasteiger partial charge in [-0.15, -0.1) is 0 Å². The van der Waals surface area contributed by atoms with Crippen LogP contribution in [0, 0.1) is 5.82 Å². The van der Waals surface area contributed by atoms with Crippen molar-refractivity contribution in [1.29, 1.82) is 0 Å². The molecule has 0 saturated heterocycles. The Bertz CT molecular complexity index is 616. The molecule has 1 saturated carbocycles. The summed E-state index contributed by atoms with van der Waals surface area (Å²) in [6, 6.07) is 4.04. The Morgan fingerprint density at radius 3 is 2.79 bits per heavy atom. The number of halogens is 2. The Morgan fingerprint density at radius 1 is 1.42 bits per heavy atom. The highest BCUT2D eigenvalue weighted by Gasteiger charge is 2.24. The van der Waals surface area contributed by atoms with Crippen molar-refractivity contribution in [3.8, 4) is 0 Å². The second kappa shape index (κ2) is 4.80. The maximum absolute atomic E-state index is 14.0. The molecule has 0 amide bonds. The number of hydrogen-bond acceptors (Lipinski definition) is 2. The number of furan rings is 1. The lowest BCUT2D eigenvalue weighted by Crippen LogP contribution is -2.15. The molecule has 2 aromatic rings. The van der Waals surface area contributed by atoms with E-state index in [1.807, 2.05) is 6.07 Å². The lowest BCUT2D eigenvalue weighted by atomic mass is 9.99. The highest BCUT2D eigenvalue weighted by molar-refractivity contribution is 6.31. The molecule has 0 aliphatic heterocycles. The van der Waals surface area contributed by atoms with Gasteiger partial charge >= 0.3 is 0 Å². The van der Waals surface area contributed by atoms with Crippen LogP contribution in [0.3, 0.4) is 0 Å². The molecule has 4 heteroatoms. The van der Waals surface area contributed by atoms with Crippen molar-refractivity contribution in [3.05, 3.63) is 34.3 Å². The van der Waals surface area contributed by atoms with Crippen molar-refractivity contribution in [2.45, 2.75) is 45.2 Å². The van der Waals surface area contributed by atoms with E-state index < -0.39 is 5.82 Å². The fourth-order valence-corrected chi connectivity index (χ4v) is 2.61. The van der Waals surface area contributed by atoms with Crippen molar-refractivity contribution in [2.24, 2.45) is 0 Å². The Labute approximate surface area is 116 Å². The average Bonchev–Trinajstić information content (AvgIpc) is 3.11. The Morgan fingerprint density at radius 2 is 2.16 bits per heavy atom. The van der Waals surface area contributed by atoms with Crippen LogP contribution in [0.4, 0.5) is 4.39 Å². The Kier molecular flexibility index (Phi) is 3.27. The maximum Gasteiger partial charge on any atom is 0.184 e. The van der Waals surface area contributed by atoms with Crippen molar-refractivity contribution in [1.82, 2.24) is 5.32 Å². The minimum absolute atomic E-state index is 0.109. The van der Waals surface area contributed by atoms with Gasteiger partial charge in [-0.3, -0.25) is 0 Å². The molecule has 1 aromatic heterocycles. The third-order valence-corrected chi connectivity index (χ3v) is 3.86. The first-order valence-electron chi connectivity index (χ1n) is 6.70. The van der Waals surface area contributed by atoms with E-state index in [2.05, 4.69) is 19.2 Å². The highest BCUT2D eigenvalue weighted by Crippen LogP contribution is 2.35. The maximum atomic E-state index is 14.0. The predicted molar refractivity (Wildman–Crippen MR) is 75.1 cm³/mol. The van der Waals surface area contributed by atoms with Crippen LogP contribution in [0.5, 0.6) is 0 Å². The topological polar surface area (TPSA) is 25.2 Å². The van der Waals surface area contributed by atoms with Crippen LogP contribution in [0.1, 0.15) is 43.9 Å². The molecule has 0 unspecified atom stereocenters. The molecular formula is C15H17ClFNO. The van der Waals surface area contributed by atoms with E-state index in [9.17, 15) is 4.39 Å². The van der Waals surface area contributed by atoms with Crippen LogP contribution in [0.25, 0.3) is 11.0 Å². The fraction of sp³-hybridized carbons (Fsp3) is 0.467. The van der Waals surface area contributed by atoms with E-state index >= 15 is 0 Å². The standard InChI is InChI=1S/C15H17ClFNO/c1-8(2)13-10-5-6-11(16)14(17)15(10)19-12(13)7-18-9-3-4-9/h5-6,8-9,18H,3-4,7H2,1-2H3. The predicted octanol–water partition coefficient (Wildman–Crippen LogP) is 4.60. The average molecular weight is 282 g/mol. The molecule has 2 nitrogen and oxygen atoms in total. The molecule has 0 bridgehead atoms. The van der Waals surface area contributed by atoms with Gasteiger partial charge in [-0.05, 0) is 30.9 Å². The summed E-state index contributed by atoms with van der Waals surface area (Å²) in [7, 11) is 0. The lowest BCUT2D eigenvalue weighted by molar-refractivity contribution is 0.487. The first-order chi connectivity index (χ1) is 9.08. The molecule has 1 fully saturated rings. The number of nitrogens with one attached hydrogen (secondary N) is 1. The van der Waals surface area contributed by atoms with Gasteiger partial charge in [0.05, 0.1) is 11.6 Å². The van der Waals surface area contributed by atoms with E-state index in [1.54, 1.807) is 6.07 Å². The summed E-state index contributed by atoms with van der Waals surface area (Å²) in [4.78, 5) is 0. The van der Waals surface area contributed by atoms with Crippen LogP contribution >= 0.6 is 11.6 Å². The van der Waals surface area contributed by atoms with Crippen LogP contribution in [0.2, 0.25) is 5.02 Å². The first-order valence-corrected chi connectivity index (χ1v) is 7.08. The molecule has 1 N–H and O–H groups in total. The summed E-state index contributed by atoms with van der Waals surface area (Å²) in [6.45, 7) is 4.85. The molecule has 1 aliphatic carbocycles. The normalized spacial score (nSPS) is 15.6. The zero-order valence-electron chi connectivity index (χ0n) is 11.1. The molecule has 1 heterocycles. The number of fused-ring (bicyclic) bond motifs is 1. The fourth-order valence-electron chi connectivity index (χ4n) is 2.46. The van der Waals surface area contributed by atoms with Gasteiger partial charge in [-0.1, -0.05) is 25.4 Å².